The largest absolute Gasteiger partial charge is 0.487 e. The molecule has 1 aliphatic rings. The molecular formula is C18H15F3N4O2. The van der Waals surface area contributed by atoms with Crippen molar-refractivity contribution in [3.05, 3.63) is 58.6 Å². The van der Waals surface area contributed by atoms with Gasteiger partial charge in [-0.1, -0.05) is 12.1 Å². The van der Waals surface area contributed by atoms with E-state index in [-0.39, 0.29) is 17.4 Å². The number of hydrogen-bond acceptors (Lipinski definition) is 5. The summed E-state index contributed by atoms with van der Waals surface area (Å²) in [5.74, 6) is 0.617. The summed E-state index contributed by atoms with van der Waals surface area (Å²) in [6, 6.07) is 9.35. The average molecular weight is 376 g/mol. The van der Waals surface area contributed by atoms with E-state index in [1.165, 1.54) is 10.6 Å². The Morgan fingerprint density at radius 2 is 1.93 bits per heavy atom. The smallest absolute Gasteiger partial charge is 0.433 e. The predicted octanol–water partition coefficient (Wildman–Crippen LogP) is 2.61. The van der Waals surface area contributed by atoms with Crippen molar-refractivity contribution in [2.24, 2.45) is 7.05 Å². The number of ether oxygens (including phenoxy) is 1. The highest BCUT2D eigenvalue weighted by molar-refractivity contribution is 5.78. The molecule has 0 amide bonds. The molecule has 1 aliphatic heterocycles. The van der Waals surface area contributed by atoms with Crippen molar-refractivity contribution in [3.63, 3.8) is 0 Å². The lowest BCUT2D eigenvalue weighted by atomic mass is 10.1. The van der Waals surface area contributed by atoms with Crippen LogP contribution in [0.15, 0.2) is 47.4 Å². The Hall–Kier alpha value is -3.10. The number of fused-ring (bicyclic) bond motifs is 1. The summed E-state index contributed by atoms with van der Waals surface area (Å²) in [5, 5.41) is 0.536. The molecule has 0 saturated carbocycles. The monoisotopic (exact) mass is 376 g/mol. The quantitative estimate of drug-likeness (QED) is 0.703. The van der Waals surface area contributed by atoms with Crippen LogP contribution in [0.1, 0.15) is 5.69 Å². The first-order valence-corrected chi connectivity index (χ1v) is 8.23. The predicted molar refractivity (Wildman–Crippen MR) is 92.9 cm³/mol. The van der Waals surface area contributed by atoms with Crippen molar-refractivity contribution in [1.82, 2.24) is 14.5 Å². The lowest BCUT2D eigenvalue weighted by molar-refractivity contribution is -0.141. The van der Waals surface area contributed by atoms with Gasteiger partial charge in [0.05, 0.1) is 24.0 Å². The average Bonchev–Trinajstić information content (AvgIpc) is 2.61. The highest BCUT2D eigenvalue weighted by Crippen LogP contribution is 2.30. The second-order valence-electron chi connectivity index (χ2n) is 6.31. The molecule has 140 valence electrons. The Bertz CT molecular complexity index is 1060. The Kier molecular flexibility index (Phi) is 4.01. The van der Waals surface area contributed by atoms with Crippen LogP contribution in [-0.4, -0.2) is 33.7 Å². The summed E-state index contributed by atoms with van der Waals surface area (Å²) in [6.45, 7) is 0.838. The summed E-state index contributed by atoms with van der Waals surface area (Å²) in [5.41, 5.74) is -0.539. The molecule has 0 spiro atoms. The van der Waals surface area contributed by atoms with Crippen LogP contribution >= 0.6 is 0 Å². The first-order chi connectivity index (χ1) is 12.8. The van der Waals surface area contributed by atoms with Crippen molar-refractivity contribution >= 4 is 16.9 Å². The normalized spacial score (nSPS) is 15.0. The molecule has 0 bridgehead atoms. The SMILES string of the molecule is Cn1c(N2CC(Oc3ccnc(C(F)(F)F)c3)C2)nc2ccccc2c1=O. The Morgan fingerprint density at radius 1 is 1.19 bits per heavy atom. The zero-order valence-corrected chi connectivity index (χ0v) is 14.3. The number of hydrogen-bond donors (Lipinski definition) is 0. The van der Waals surface area contributed by atoms with Gasteiger partial charge in [0.25, 0.3) is 5.56 Å². The van der Waals surface area contributed by atoms with Gasteiger partial charge in [-0.2, -0.15) is 13.2 Å². The summed E-state index contributed by atoms with van der Waals surface area (Å²) in [7, 11) is 1.64. The number of pyridine rings is 1. The molecule has 2 aromatic heterocycles. The molecule has 0 unspecified atom stereocenters. The molecule has 27 heavy (non-hydrogen) atoms. The van der Waals surface area contributed by atoms with Gasteiger partial charge in [-0.25, -0.2) is 4.98 Å². The minimum Gasteiger partial charge on any atom is -0.487 e. The molecule has 3 heterocycles. The number of rotatable bonds is 3. The molecule has 0 N–H and O–H groups in total. The number of benzene rings is 1. The van der Waals surface area contributed by atoms with Crippen molar-refractivity contribution in [2.75, 3.05) is 18.0 Å². The molecule has 9 heteroatoms. The summed E-state index contributed by atoms with van der Waals surface area (Å²) >= 11 is 0. The third kappa shape index (κ3) is 3.20. The van der Waals surface area contributed by atoms with Gasteiger partial charge in [0.1, 0.15) is 17.5 Å². The number of para-hydroxylation sites is 1. The molecule has 1 aromatic carbocycles. The number of nitrogens with zero attached hydrogens (tertiary/aromatic N) is 4. The van der Waals surface area contributed by atoms with Gasteiger partial charge in [-0.15, -0.1) is 0 Å². The van der Waals surface area contributed by atoms with E-state index in [0.29, 0.717) is 29.9 Å². The third-order valence-electron chi connectivity index (χ3n) is 4.42. The van der Waals surface area contributed by atoms with Crippen LogP contribution in [0.4, 0.5) is 19.1 Å². The zero-order chi connectivity index (χ0) is 19.2. The summed E-state index contributed by atoms with van der Waals surface area (Å²) in [4.78, 5) is 22.1. The maximum atomic E-state index is 12.7. The zero-order valence-electron chi connectivity index (χ0n) is 14.3. The molecule has 4 rings (SSSR count). The molecule has 1 saturated heterocycles. The number of aromatic nitrogens is 3. The van der Waals surface area contributed by atoms with Crippen molar-refractivity contribution in [3.8, 4) is 5.75 Å². The van der Waals surface area contributed by atoms with Crippen LogP contribution < -0.4 is 15.2 Å². The lowest BCUT2D eigenvalue weighted by Gasteiger charge is -2.40. The Labute approximate surface area is 151 Å². The minimum absolute atomic E-state index is 0.113. The van der Waals surface area contributed by atoms with E-state index < -0.39 is 11.9 Å². The van der Waals surface area contributed by atoms with E-state index in [4.69, 9.17) is 4.74 Å². The van der Waals surface area contributed by atoms with Crippen molar-refractivity contribution in [1.29, 1.82) is 0 Å². The van der Waals surface area contributed by atoms with Gasteiger partial charge in [0.15, 0.2) is 0 Å². The molecule has 6 nitrogen and oxygen atoms in total. The van der Waals surface area contributed by atoms with Crippen LogP contribution in [0.25, 0.3) is 10.9 Å². The standard InChI is InChI=1S/C18H15F3N4O2/c1-24-16(26)13-4-2-3-5-14(13)23-17(24)25-9-12(10-25)27-11-6-7-22-15(8-11)18(19,20)21/h2-8,12H,9-10H2,1H3. The van der Waals surface area contributed by atoms with E-state index in [0.717, 1.165) is 12.3 Å². The minimum atomic E-state index is -4.52. The fourth-order valence-electron chi connectivity index (χ4n) is 3.00. The fraction of sp³-hybridized carbons (Fsp3) is 0.278. The van der Waals surface area contributed by atoms with Gasteiger partial charge in [0.2, 0.25) is 5.95 Å². The maximum Gasteiger partial charge on any atom is 0.433 e. The molecular weight excluding hydrogens is 361 g/mol. The lowest BCUT2D eigenvalue weighted by Crippen LogP contribution is -2.55. The van der Waals surface area contributed by atoms with Crippen molar-refractivity contribution in [2.45, 2.75) is 12.3 Å². The van der Waals surface area contributed by atoms with E-state index >= 15 is 0 Å². The molecule has 0 aliphatic carbocycles. The van der Waals surface area contributed by atoms with Crippen LogP contribution in [-0.2, 0) is 13.2 Å². The van der Waals surface area contributed by atoms with Crippen LogP contribution in [0.5, 0.6) is 5.75 Å². The highest BCUT2D eigenvalue weighted by atomic mass is 19.4. The molecule has 0 atom stereocenters. The van der Waals surface area contributed by atoms with Gasteiger partial charge in [0, 0.05) is 19.3 Å². The molecule has 0 radical (unpaired) electrons. The second-order valence-corrected chi connectivity index (χ2v) is 6.31. The van der Waals surface area contributed by atoms with Crippen LogP contribution in [0, 0.1) is 0 Å². The molecule has 1 fully saturated rings. The van der Waals surface area contributed by atoms with Gasteiger partial charge >= 0.3 is 6.18 Å². The first kappa shape index (κ1) is 17.3. The highest BCUT2D eigenvalue weighted by Gasteiger charge is 2.34. The number of anilines is 1. The van der Waals surface area contributed by atoms with Crippen LogP contribution in [0.3, 0.4) is 0 Å². The summed E-state index contributed by atoms with van der Waals surface area (Å²) in [6.07, 6.45) is -3.74. The number of alkyl halides is 3. The second kappa shape index (κ2) is 6.26. The van der Waals surface area contributed by atoms with E-state index in [1.54, 1.807) is 25.2 Å². The van der Waals surface area contributed by atoms with Crippen molar-refractivity contribution < 1.29 is 17.9 Å². The van der Waals surface area contributed by atoms with E-state index in [1.807, 2.05) is 11.0 Å². The summed E-state index contributed by atoms with van der Waals surface area (Å²) < 4.78 is 45.2. The van der Waals surface area contributed by atoms with Gasteiger partial charge < -0.3 is 9.64 Å². The van der Waals surface area contributed by atoms with Crippen LogP contribution in [0.2, 0.25) is 0 Å². The third-order valence-corrected chi connectivity index (χ3v) is 4.42. The first-order valence-electron chi connectivity index (χ1n) is 8.23. The Morgan fingerprint density at radius 3 is 2.67 bits per heavy atom. The van der Waals surface area contributed by atoms with E-state index in [2.05, 4.69) is 9.97 Å². The maximum absolute atomic E-state index is 12.7. The van der Waals surface area contributed by atoms with Gasteiger partial charge in [-0.3, -0.25) is 14.3 Å². The topological polar surface area (TPSA) is 60.2 Å². The van der Waals surface area contributed by atoms with Gasteiger partial charge in [-0.05, 0) is 18.2 Å². The van der Waals surface area contributed by atoms with E-state index in [9.17, 15) is 18.0 Å². The fourth-order valence-corrected chi connectivity index (χ4v) is 3.00. The number of halogens is 3. The molecule has 3 aromatic rings. The Balaban J connectivity index is 1.50.